The summed E-state index contributed by atoms with van der Waals surface area (Å²) in [4.78, 5) is 3.58. The summed E-state index contributed by atoms with van der Waals surface area (Å²) in [6.45, 7) is 0. The van der Waals surface area contributed by atoms with Gasteiger partial charge in [0.25, 0.3) is 0 Å². The summed E-state index contributed by atoms with van der Waals surface area (Å²) < 4.78 is 0.533. The van der Waals surface area contributed by atoms with Crippen molar-refractivity contribution in [1.29, 1.82) is 5.26 Å². The van der Waals surface area contributed by atoms with Crippen LogP contribution in [0.5, 0.6) is 0 Å². The zero-order valence-electron chi connectivity index (χ0n) is 4.48. The van der Waals surface area contributed by atoms with Crippen LogP contribution in [0.25, 0.3) is 0 Å². The largest absolute Gasteiger partial charge is 0.619 e. The second-order valence-electron chi connectivity index (χ2n) is 1.41. The fraction of sp³-hybridized carbons (Fsp3) is 0. The van der Waals surface area contributed by atoms with Gasteiger partial charge in [0.1, 0.15) is 6.07 Å². The summed E-state index contributed by atoms with van der Waals surface area (Å²) in [6.07, 6.45) is 3.62. The van der Waals surface area contributed by atoms with Crippen LogP contribution >= 0.6 is 0 Å². The molecule has 1 heterocycles. The van der Waals surface area contributed by atoms with Crippen LogP contribution in [0, 0.1) is 16.5 Å². The molecule has 1 rings (SSSR count). The molecule has 0 fully saturated rings. The predicted molar refractivity (Wildman–Crippen MR) is 27.9 cm³/mol. The quantitative estimate of drug-likeness (QED) is 0.346. The minimum Gasteiger partial charge on any atom is -0.619 e. The van der Waals surface area contributed by atoms with E-state index in [0.717, 1.165) is 6.20 Å². The van der Waals surface area contributed by atoms with Crippen molar-refractivity contribution >= 4 is 0 Å². The first kappa shape index (κ1) is 5.51. The van der Waals surface area contributed by atoms with Gasteiger partial charge in [0.05, 0.1) is 6.20 Å². The minimum atomic E-state index is 0.132. The highest BCUT2D eigenvalue weighted by Crippen LogP contribution is 1.80. The van der Waals surface area contributed by atoms with Gasteiger partial charge in [-0.3, -0.25) is 0 Å². The molecule has 0 N–H and O–H groups in total. The summed E-state index contributed by atoms with van der Waals surface area (Å²) in [5.74, 6) is 0. The van der Waals surface area contributed by atoms with E-state index in [2.05, 4.69) is 4.98 Å². The van der Waals surface area contributed by atoms with Gasteiger partial charge >= 0.3 is 0 Å². The maximum Gasteiger partial charge on any atom is 0.216 e. The molecule has 4 nitrogen and oxygen atoms in total. The van der Waals surface area contributed by atoms with Gasteiger partial charge in [0.2, 0.25) is 11.9 Å². The molecule has 0 saturated heterocycles. The first-order valence-corrected chi connectivity index (χ1v) is 2.28. The molecule has 0 aliphatic heterocycles. The van der Waals surface area contributed by atoms with E-state index in [-0.39, 0.29) is 5.69 Å². The fourth-order valence-corrected chi connectivity index (χ4v) is 0.434. The van der Waals surface area contributed by atoms with E-state index in [0.29, 0.717) is 4.73 Å². The summed E-state index contributed by atoms with van der Waals surface area (Å²) in [6, 6.07) is 1.74. The zero-order chi connectivity index (χ0) is 6.69. The van der Waals surface area contributed by atoms with Crippen molar-refractivity contribution in [3.63, 3.8) is 0 Å². The summed E-state index contributed by atoms with van der Waals surface area (Å²) in [5, 5.41) is 18.6. The van der Waals surface area contributed by atoms with Crippen LogP contribution in [0.15, 0.2) is 18.6 Å². The highest BCUT2D eigenvalue weighted by atomic mass is 16.5. The molecule has 0 unspecified atom stereocenters. The normalized spacial score (nSPS) is 8.33. The van der Waals surface area contributed by atoms with Crippen LogP contribution < -0.4 is 4.73 Å². The standard InChI is InChI=1S/C5H3N3O/c6-3-5-4-8(9)2-1-7-5/h1-2,4H. The average molecular weight is 121 g/mol. The molecule has 4 heteroatoms. The lowest BCUT2D eigenvalue weighted by molar-refractivity contribution is -0.606. The third-order valence-electron chi connectivity index (χ3n) is 0.791. The van der Waals surface area contributed by atoms with E-state index in [4.69, 9.17) is 5.26 Å². The Labute approximate surface area is 51.6 Å². The third kappa shape index (κ3) is 1.13. The molecule has 1 aromatic rings. The molecule has 0 radical (unpaired) electrons. The fourth-order valence-electron chi connectivity index (χ4n) is 0.434. The molecule has 9 heavy (non-hydrogen) atoms. The van der Waals surface area contributed by atoms with E-state index in [1.165, 1.54) is 12.4 Å². The van der Waals surface area contributed by atoms with Crippen LogP contribution in [0.1, 0.15) is 5.69 Å². The van der Waals surface area contributed by atoms with E-state index >= 15 is 0 Å². The molecule has 0 aliphatic rings. The number of hydrogen-bond acceptors (Lipinski definition) is 3. The van der Waals surface area contributed by atoms with Gasteiger partial charge in [-0.1, -0.05) is 0 Å². The van der Waals surface area contributed by atoms with Gasteiger partial charge in [-0.25, -0.2) is 4.98 Å². The predicted octanol–water partition coefficient (Wildman–Crippen LogP) is -0.413. The second kappa shape index (κ2) is 2.09. The molecule has 0 aromatic carbocycles. The Morgan fingerprint density at radius 1 is 1.78 bits per heavy atom. The highest BCUT2D eigenvalue weighted by Gasteiger charge is 1.92. The van der Waals surface area contributed by atoms with Crippen molar-refractivity contribution in [3.05, 3.63) is 29.5 Å². The van der Waals surface area contributed by atoms with Crippen LogP contribution in [0.4, 0.5) is 0 Å². The number of nitriles is 1. The minimum absolute atomic E-state index is 0.132. The Kier molecular flexibility index (Phi) is 1.28. The van der Waals surface area contributed by atoms with Crippen molar-refractivity contribution in [2.45, 2.75) is 0 Å². The number of aromatic nitrogens is 2. The first-order valence-electron chi connectivity index (χ1n) is 2.28. The Morgan fingerprint density at radius 2 is 2.56 bits per heavy atom. The molecular formula is C5H3N3O. The number of rotatable bonds is 0. The number of hydrogen-bond donors (Lipinski definition) is 0. The molecule has 0 saturated carbocycles. The Balaban J connectivity index is 3.12. The van der Waals surface area contributed by atoms with Gasteiger partial charge in [0, 0.05) is 0 Å². The van der Waals surface area contributed by atoms with Crippen LogP contribution in [0.2, 0.25) is 0 Å². The van der Waals surface area contributed by atoms with Crippen molar-refractivity contribution in [2.75, 3.05) is 0 Å². The van der Waals surface area contributed by atoms with Gasteiger partial charge in [-0.05, 0) is 0 Å². The second-order valence-corrected chi connectivity index (χ2v) is 1.41. The SMILES string of the molecule is N#Cc1c[n+]([O-])ccn1. The van der Waals surface area contributed by atoms with Crippen molar-refractivity contribution in [3.8, 4) is 6.07 Å². The molecule has 0 atom stereocenters. The van der Waals surface area contributed by atoms with Gasteiger partial charge in [0.15, 0.2) is 6.20 Å². The maximum absolute atomic E-state index is 10.4. The average Bonchev–Trinajstić information content (AvgIpc) is 1.88. The molecular weight excluding hydrogens is 118 g/mol. The van der Waals surface area contributed by atoms with Gasteiger partial charge < -0.3 is 5.21 Å². The van der Waals surface area contributed by atoms with Gasteiger partial charge in [-0.15, -0.1) is 0 Å². The monoisotopic (exact) mass is 121 g/mol. The van der Waals surface area contributed by atoms with E-state index in [1.54, 1.807) is 6.07 Å². The lowest BCUT2D eigenvalue weighted by Crippen LogP contribution is -2.25. The highest BCUT2D eigenvalue weighted by molar-refractivity contribution is 5.11. The van der Waals surface area contributed by atoms with Crippen LogP contribution in [-0.2, 0) is 0 Å². The third-order valence-corrected chi connectivity index (χ3v) is 0.791. The Morgan fingerprint density at radius 3 is 3.00 bits per heavy atom. The lowest BCUT2D eigenvalue weighted by Gasteiger charge is -1.90. The summed E-state index contributed by atoms with van der Waals surface area (Å²) in [5.41, 5.74) is 0.132. The van der Waals surface area contributed by atoms with Crippen LogP contribution in [0.3, 0.4) is 0 Å². The zero-order valence-corrected chi connectivity index (χ0v) is 4.48. The van der Waals surface area contributed by atoms with Crippen molar-refractivity contribution in [1.82, 2.24) is 4.98 Å². The molecule has 1 aromatic heterocycles. The summed E-state index contributed by atoms with van der Waals surface area (Å²) in [7, 11) is 0. The van der Waals surface area contributed by atoms with Crippen LogP contribution in [-0.4, -0.2) is 4.98 Å². The maximum atomic E-state index is 10.4. The van der Waals surface area contributed by atoms with E-state index < -0.39 is 0 Å². The van der Waals surface area contributed by atoms with E-state index in [9.17, 15) is 5.21 Å². The molecule has 44 valence electrons. The molecule has 0 aliphatic carbocycles. The smallest absolute Gasteiger partial charge is 0.216 e. The Hall–Kier alpha value is -1.63. The lowest BCUT2D eigenvalue weighted by atomic mass is 10.5. The van der Waals surface area contributed by atoms with Crippen molar-refractivity contribution < 1.29 is 4.73 Å². The molecule has 0 amide bonds. The topological polar surface area (TPSA) is 63.6 Å². The summed E-state index contributed by atoms with van der Waals surface area (Å²) >= 11 is 0. The molecule has 0 bridgehead atoms. The molecule has 0 spiro atoms. The van der Waals surface area contributed by atoms with Gasteiger partial charge in [-0.2, -0.15) is 9.99 Å². The van der Waals surface area contributed by atoms with Crippen molar-refractivity contribution in [2.24, 2.45) is 0 Å². The Bertz CT molecular complexity index is 253. The van der Waals surface area contributed by atoms with E-state index in [1.807, 2.05) is 0 Å². The first-order chi connectivity index (χ1) is 4.33. The number of nitrogens with zero attached hydrogens (tertiary/aromatic N) is 3.